The van der Waals surface area contributed by atoms with Crippen LogP contribution < -0.4 is 0 Å². The van der Waals surface area contributed by atoms with Gasteiger partial charge in [-0.2, -0.15) is 8.42 Å². The Labute approximate surface area is 112 Å². The molecule has 0 aliphatic rings. The minimum atomic E-state index is -3.86. The van der Waals surface area contributed by atoms with E-state index in [9.17, 15) is 8.42 Å². The van der Waals surface area contributed by atoms with Gasteiger partial charge in [0, 0.05) is 5.75 Å². The lowest BCUT2D eigenvalue weighted by Crippen LogP contribution is -2.14. The quantitative estimate of drug-likeness (QED) is 0.443. The van der Waals surface area contributed by atoms with Crippen LogP contribution in [-0.2, 0) is 10.1 Å². The van der Waals surface area contributed by atoms with E-state index in [4.69, 9.17) is 16.8 Å². The van der Waals surface area contributed by atoms with Crippen LogP contribution in [0.25, 0.3) is 0 Å². The maximum atomic E-state index is 10.6. The molecular formula is C9H18O3S4. The molecule has 0 aliphatic heterocycles. The lowest BCUT2D eigenvalue weighted by atomic mass is 10.3. The monoisotopic (exact) mass is 302 g/mol. The van der Waals surface area contributed by atoms with Crippen LogP contribution in [0.4, 0.5) is 0 Å². The number of unbranched alkanes of at least 4 members (excludes halogenated alkanes) is 1. The summed E-state index contributed by atoms with van der Waals surface area (Å²) >= 11 is 8.28. The molecule has 0 fully saturated rings. The highest BCUT2D eigenvalue weighted by Crippen LogP contribution is 2.21. The Morgan fingerprint density at radius 3 is 2.56 bits per heavy atom. The molecule has 0 rings (SSSR count). The highest BCUT2D eigenvalue weighted by atomic mass is 32.2. The van der Waals surface area contributed by atoms with Gasteiger partial charge in [-0.05, 0) is 18.1 Å². The van der Waals surface area contributed by atoms with E-state index in [1.807, 2.05) is 0 Å². The van der Waals surface area contributed by atoms with Crippen molar-refractivity contribution in [2.75, 3.05) is 17.3 Å². The van der Waals surface area contributed by atoms with Crippen molar-refractivity contribution < 1.29 is 13.0 Å². The molecule has 16 heavy (non-hydrogen) atoms. The van der Waals surface area contributed by atoms with E-state index in [1.165, 1.54) is 11.8 Å². The average Bonchev–Trinajstić information content (AvgIpc) is 2.12. The predicted molar refractivity (Wildman–Crippen MR) is 78.0 cm³/mol. The van der Waals surface area contributed by atoms with Gasteiger partial charge >= 0.3 is 0 Å². The number of rotatable bonds is 7. The second-order valence-corrected chi connectivity index (χ2v) is 8.43. The molecule has 1 unspecified atom stereocenters. The fourth-order valence-corrected chi connectivity index (χ4v) is 4.33. The summed E-state index contributed by atoms with van der Waals surface area (Å²) in [6.45, 7) is 3.92. The minimum Gasteiger partial charge on any atom is -0.286 e. The SMILES string of the molecule is CCCCSC(=S)SCC(C)CS(=O)(=O)O. The highest BCUT2D eigenvalue weighted by molar-refractivity contribution is 8.47. The topological polar surface area (TPSA) is 54.4 Å². The number of hydrogen-bond acceptors (Lipinski definition) is 5. The summed E-state index contributed by atoms with van der Waals surface area (Å²) < 4.78 is 30.7. The lowest BCUT2D eigenvalue weighted by molar-refractivity contribution is 0.474. The first-order chi connectivity index (χ1) is 7.35. The minimum absolute atomic E-state index is 0.0790. The zero-order valence-electron chi connectivity index (χ0n) is 9.51. The molecule has 0 radical (unpaired) electrons. The van der Waals surface area contributed by atoms with Crippen LogP contribution in [0.2, 0.25) is 0 Å². The molecule has 0 aromatic rings. The first kappa shape index (κ1) is 16.7. The van der Waals surface area contributed by atoms with E-state index in [0.29, 0.717) is 5.75 Å². The van der Waals surface area contributed by atoms with Crippen molar-refractivity contribution in [3.8, 4) is 0 Å². The second-order valence-electron chi connectivity index (χ2n) is 3.62. The number of hydrogen-bond donors (Lipinski definition) is 1. The van der Waals surface area contributed by atoms with Crippen LogP contribution in [-0.4, -0.2) is 33.8 Å². The summed E-state index contributed by atoms with van der Waals surface area (Å²) in [5.41, 5.74) is 0. The molecule has 0 amide bonds. The fraction of sp³-hybridized carbons (Fsp3) is 0.889. The maximum absolute atomic E-state index is 10.6. The van der Waals surface area contributed by atoms with Crippen LogP contribution in [0, 0.1) is 5.92 Å². The molecule has 0 aliphatic carbocycles. The van der Waals surface area contributed by atoms with Crippen molar-refractivity contribution in [3.63, 3.8) is 0 Å². The summed E-state index contributed by atoms with van der Waals surface area (Å²) in [7, 11) is -3.86. The molecule has 1 N–H and O–H groups in total. The molecular weight excluding hydrogens is 284 g/mol. The summed E-state index contributed by atoms with van der Waals surface area (Å²) in [5, 5.41) is 0. The fourth-order valence-electron chi connectivity index (χ4n) is 0.959. The van der Waals surface area contributed by atoms with E-state index in [2.05, 4.69) is 6.92 Å². The Morgan fingerprint density at radius 1 is 1.44 bits per heavy atom. The van der Waals surface area contributed by atoms with Gasteiger partial charge in [-0.3, -0.25) is 4.55 Å². The molecule has 0 saturated carbocycles. The lowest BCUT2D eigenvalue weighted by Gasteiger charge is -2.08. The van der Waals surface area contributed by atoms with Gasteiger partial charge in [0.2, 0.25) is 0 Å². The molecule has 3 nitrogen and oxygen atoms in total. The molecule has 0 aromatic carbocycles. The van der Waals surface area contributed by atoms with E-state index in [1.54, 1.807) is 18.7 Å². The third-order valence-corrected chi connectivity index (χ3v) is 5.80. The molecule has 0 saturated heterocycles. The number of thiocarbonyl (C=S) groups is 1. The zero-order valence-corrected chi connectivity index (χ0v) is 12.8. The van der Waals surface area contributed by atoms with Gasteiger partial charge in [0.25, 0.3) is 10.1 Å². The van der Waals surface area contributed by atoms with E-state index < -0.39 is 10.1 Å². The van der Waals surface area contributed by atoms with E-state index in [0.717, 1.165) is 22.1 Å². The van der Waals surface area contributed by atoms with E-state index in [-0.39, 0.29) is 11.7 Å². The molecule has 96 valence electrons. The van der Waals surface area contributed by atoms with Crippen LogP contribution in [0.1, 0.15) is 26.7 Å². The molecule has 0 heterocycles. The summed E-state index contributed by atoms with van der Waals surface area (Å²) in [4.78, 5) is 0. The van der Waals surface area contributed by atoms with Gasteiger partial charge in [0.15, 0.2) is 0 Å². The zero-order chi connectivity index (χ0) is 12.6. The third kappa shape index (κ3) is 11.2. The Balaban J connectivity index is 3.67. The summed E-state index contributed by atoms with van der Waals surface area (Å²) in [6, 6.07) is 0. The van der Waals surface area contributed by atoms with Crippen molar-refractivity contribution in [2.45, 2.75) is 26.7 Å². The Hall–Kier alpha value is 0.700. The van der Waals surface area contributed by atoms with Crippen LogP contribution in [0.15, 0.2) is 0 Å². The summed E-state index contributed by atoms with van der Waals surface area (Å²) in [5.74, 6) is 1.39. The largest absolute Gasteiger partial charge is 0.286 e. The van der Waals surface area contributed by atoms with Crippen molar-refractivity contribution in [3.05, 3.63) is 0 Å². The van der Waals surface area contributed by atoms with Crippen LogP contribution >= 0.6 is 35.7 Å². The second kappa shape index (κ2) is 8.74. The van der Waals surface area contributed by atoms with Gasteiger partial charge in [0.1, 0.15) is 3.53 Å². The van der Waals surface area contributed by atoms with Gasteiger partial charge in [0.05, 0.1) is 5.75 Å². The Bertz CT molecular complexity index is 300. The average molecular weight is 303 g/mol. The van der Waals surface area contributed by atoms with Crippen LogP contribution in [0.5, 0.6) is 0 Å². The van der Waals surface area contributed by atoms with Gasteiger partial charge in [-0.1, -0.05) is 32.5 Å². The molecule has 0 aromatic heterocycles. The van der Waals surface area contributed by atoms with Crippen molar-refractivity contribution in [1.29, 1.82) is 0 Å². The Morgan fingerprint density at radius 2 is 2.06 bits per heavy atom. The molecule has 1 atom stereocenters. The van der Waals surface area contributed by atoms with Gasteiger partial charge in [-0.25, -0.2) is 0 Å². The standard InChI is InChI=1S/C9H18O3S4/c1-3-4-5-14-9(13)15-6-8(2)7-16(10,11)12/h8H,3-7H2,1-2H3,(H,10,11,12). The Kier molecular flexibility index (Phi) is 9.12. The van der Waals surface area contributed by atoms with Crippen molar-refractivity contribution in [2.24, 2.45) is 5.92 Å². The molecule has 0 bridgehead atoms. The maximum Gasteiger partial charge on any atom is 0.265 e. The first-order valence-electron chi connectivity index (χ1n) is 5.10. The highest BCUT2D eigenvalue weighted by Gasteiger charge is 2.13. The third-order valence-electron chi connectivity index (χ3n) is 1.70. The van der Waals surface area contributed by atoms with Gasteiger partial charge in [-0.15, -0.1) is 23.5 Å². The number of thioether (sulfide) groups is 2. The normalized spacial score (nSPS) is 13.7. The first-order valence-corrected chi connectivity index (χ1v) is 9.08. The van der Waals surface area contributed by atoms with Crippen molar-refractivity contribution >= 4 is 49.4 Å². The van der Waals surface area contributed by atoms with Gasteiger partial charge < -0.3 is 0 Å². The van der Waals surface area contributed by atoms with Crippen molar-refractivity contribution in [1.82, 2.24) is 0 Å². The molecule has 0 spiro atoms. The summed E-state index contributed by atoms with van der Waals surface area (Å²) in [6.07, 6.45) is 2.30. The smallest absolute Gasteiger partial charge is 0.265 e. The predicted octanol–water partition coefficient (Wildman–Crippen LogP) is 3.06. The van der Waals surface area contributed by atoms with Crippen LogP contribution in [0.3, 0.4) is 0 Å². The molecule has 7 heteroatoms. The van der Waals surface area contributed by atoms with E-state index >= 15 is 0 Å².